The Balaban J connectivity index is 1.66. The van der Waals surface area contributed by atoms with E-state index in [1.54, 1.807) is 17.1 Å². The normalized spacial score (nSPS) is 17.9. The number of hydrogen-bond acceptors (Lipinski definition) is 6. The van der Waals surface area contributed by atoms with Gasteiger partial charge < -0.3 is 16.0 Å². The van der Waals surface area contributed by atoms with Gasteiger partial charge in [0, 0.05) is 25.8 Å². The van der Waals surface area contributed by atoms with Crippen molar-refractivity contribution >= 4 is 29.1 Å². The summed E-state index contributed by atoms with van der Waals surface area (Å²) in [5.41, 5.74) is 0.836. The minimum atomic E-state index is 0.478. The Morgan fingerprint density at radius 2 is 2.38 bits per heavy atom. The van der Waals surface area contributed by atoms with Crippen LogP contribution in [-0.4, -0.2) is 38.9 Å². The Morgan fingerprint density at radius 3 is 3.10 bits per heavy atom. The first-order chi connectivity index (χ1) is 10.2. The predicted octanol–water partition coefficient (Wildman–Crippen LogP) is 1.77. The van der Waals surface area contributed by atoms with Crippen molar-refractivity contribution in [1.29, 1.82) is 0 Å². The summed E-state index contributed by atoms with van der Waals surface area (Å²) < 4.78 is 1.71. The average molecular weight is 308 g/mol. The van der Waals surface area contributed by atoms with Crippen LogP contribution in [0.15, 0.2) is 18.6 Å². The van der Waals surface area contributed by atoms with Crippen LogP contribution in [0.4, 0.5) is 17.5 Å². The van der Waals surface area contributed by atoms with E-state index in [1.807, 2.05) is 13.2 Å². The van der Waals surface area contributed by atoms with Gasteiger partial charge >= 0.3 is 0 Å². The van der Waals surface area contributed by atoms with Crippen LogP contribution in [0.1, 0.15) is 12.8 Å². The number of aromatic nitrogens is 4. The van der Waals surface area contributed by atoms with Crippen molar-refractivity contribution in [2.45, 2.75) is 18.9 Å². The number of rotatable bonds is 5. The first kappa shape index (κ1) is 14.1. The maximum atomic E-state index is 6.14. The minimum absolute atomic E-state index is 0.478. The van der Waals surface area contributed by atoms with E-state index in [2.05, 4.69) is 31.0 Å². The molecule has 0 radical (unpaired) electrons. The van der Waals surface area contributed by atoms with Crippen molar-refractivity contribution in [1.82, 2.24) is 25.1 Å². The lowest BCUT2D eigenvalue weighted by Crippen LogP contribution is -2.29. The summed E-state index contributed by atoms with van der Waals surface area (Å²) in [6.07, 6.45) is 7.56. The van der Waals surface area contributed by atoms with Crippen LogP contribution in [0, 0.1) is 0 Å². The summed E-state index contributed by atoms with van der Waals surface area (Å²) in [6, 6.07) is 0.478. The molecule has 3 rings (SSSR count). The maximum Gasteiger partial charge on any atom is 0.229 e. The lowest BCUT2D eigenvalue weighted by atomic mass is 10.2. The largest absolute Gasteiger partial charge is 0.367 e. The fourth-order valence-electron chi connectivity index (χ4n) is 2.32. The molecule has 1 aliphatic heterocycles. The van der Waals surface area contributed by atoms with E-state index in [0.29, 0.717) is 22.8 Å². The number of aryl methyl sites for hydroxylation is 1. The number of hydrogen-bond donors (Lipinski definition) is 3. The molecule has 0 amide bonds. The molecule has 0 saturated carbocycles. The van der Waals surface area contributed by atoms with Crippen molar-refractivity contribution in [2.75, 3.05) is 23.7 Å². The lowest BCUT2D eigenvalue weighted by molar-refractivity contribution is 0.632. The molecule has 1 saturated heterocycles. The molecule has 0 bridgehead atoms. The van der Waals surface area contributed by atoms with Gasteiger partial charge in [-0.3, -0.25) is 4.68 Å². The van der Waals surface area contributed by atoms with Crippen LogP contribution in [0.3, 0.4) is 0 Å². The first-order valence-corrected chi connectivity index (χ1v) is 7.34. The third kappa shape index (κ3) is 3.62. The third-order valence-electron chi connectivity index (χ3n) is 3.38. The molecule has 3 N–H and O–H groups in total. The summed E-state index contributed by atoms with van der Waals surface area (Å²) >= 11 is 6.14. The van der Waals surface area contributed by atoms with E-state index in [0.717, 1.165) is 18.8 Å². The summed E-state index contributed by atoms with van der Waals surface area (Å²) in [6.45, 7) is 1.89. The SMILES string of the molecule is Cn1cc(Nc2ncc(Cl)c(NCC3CCCN3)n2)cn1. The molecule has 1 aliphatic rings. The molecular formula is C13H18ClN7. The Hall–Kier alpha value is -1.86. The van der Waals surface area contributed by atoms with Gasteiger partial charge in [-0.25, -0.2) is 4.98 Å². The van der Waals surface area contributed by atoms with Gasteiger partial charge in [0.2, 0.25) is 5.95 Å². The van der Waals surface area contributed by atoms with Gasteiger partial charge in [-0.05, 0) is 19.4 Å². The molecule has 1 unspecified atom stereocenters. The third-order valence-corrected chi connectivity index (χ3v) is 3.66. The summed E-state index contributed by atoms with van der Waals surface area (Å²) in [5.74, 6) is 1.14. The molecular weight excluding hydrogens is 290 g/mol. The van der Waals surface area contributed by atoms with Gasteiger partial charge in [0.05, 0.1) is 18.1 Å². The van der Waals surface area contributed by atoms with Crippen molar-refractivity contribution in [3.8, 4) is 0 Å². The zero-order valence-corrected chi connectivity index (χ0v) is 12.6. The summed E-state index contributed by atoms with van der Waals surface area (Å²) in [7, 11) is 1.86. The highest BCUT2D eigenvalue weighted by atomic mass is 35.5. The van der Waals surface area contributed by atoms with E-state index in [-0.39, 0.29) is 0 Å². The smallest absolute Gasteiger partial charge is 0.229 e. The summed E-state index contributed by atoms with van der Waals surface area (Å²) in [5, 5.41) is 14.4. The van der Waals surface area contributed by atoms with Gasteiger partial charge in [0.25, 0.3) is 0 Å². The van der Waals surface area contributed by atoms with Crippen molar-refractivity contribution < 1.29 is 0 Å². The van der Waals surface area contributed by atoms with Gasteiger partial charge in [-0.1, -0.05) is 11.6 Å². The van der Waals surface area contributed by atoms with Crippen LogP contribution in [0.25, 0.3) is 0 Å². The lowest BCUT2D eigenvalue weighted by Gasteiger charge is -2.13. The van der Waals surface area contributed by atoms with Gasteiger partial charge in [-0.2, -0.15) is 10.1 Å². The summed E-state index contributed by atoms with van der Waals surface area (Å²) in [4.78, 5) is 8.58. The Labute approximate surface area is 128 Å². The Kier molecular flexibility index (Phi) is 4.21. The molecule has 1 fully saturated rings. The molecule has 8 heteroatoms. The second-order valence-electron chi connectivity index (χ2n) is 5.09. The molecule has 2 aromatic heterocycles. The molecule has 7 nitrogen and oxygen atoms in total. The van der Waals surface area contributed by atoms with E-state index >= 15 is 0 Å². The first-order valence-electron chi connectivity index (χ1n) is 6.96. The second-order valence-corrected chi connectivity index (χ2v) is 5.50. The van der Waals surface area contributed by atoms with Crippen molar-refractivity contribution in [3.05, 3.63) is 23.6 Å². The van der Waals surface area contributed by atoms with E-state index < -0.39 is 0 Å². The molecule has 1 atom stereocenters. The highest BCUT2D eigenvalue weighted by molar-refractivity contribution is 6.32. The molecule has 0 aromatic carbocycles. The number of anilines is 3. The zero-order valence-electron chi connectivity index (χ0n) is 11.8. The average Bonchev–Trinajstić information content (AvgIpc) is 3.11. The quantitative estimate of drug-likeness (QED) is 0.781. The molecule has 0 spiro atoms. The van der Waals surface area contributed by atoms with Crippen LogP contribution in [-0.2, 0) is 7.05 Å². The molecule has 112 valence electrons. The van der Waals surface area contributed by atoms with Crippen LogP contribution in [0.5, 0.6) is 0 Å². The Bertz CT molecular complexity index is 606. The van der Waals surface area contributed by atoms with Gasteiger partial charge in [0.15, 0.2) is 5.82 Å². The van der Waals surface area contributed by atoms with Gasteiger partial charge in [0.1, 0.15) is 5.02 Å². The van der Waals surface area contributed by atoms with E-state index in [9.17, 15) is 0 Å². The number of nitrogens with one attached hydrogen (secondary N) is 3. The molecule has 0 aliphatic carbocycles. The second kappa shape index (κ2) is 6.28. The fourth-order valence-corrected chi connectivity index (χ4v) is 2.47. The minimum Gasteiger partial charge on any atom is -0.367 e. The number of nitrogens with zero attached hydrogens (tertiary/aromatic N) is 4. The van der Waals surface area contributed by atoms with Gasteiger partial charge in [-0.15, -0.1) is 0 Å². The molecule has 21 heavy (non-hydrogen) atoms. The van der Waals surface area contributed by atoms with Crippen molar-refractivity contribution in [3.63, 3.8) is 0 Å². The molecule has 3 heterocycles. The standard InChI is InChI=1S/C13H18ClN7/c1-21-8-10(6-18-21)19-13-17-7-11(14)12(20-13)16-5-9-3-2-4-15-9/h6-9,15H,2-5H2,1H3,(H2,16,17,19,20). The topological polar surface area (TPSA) is 79.7 Å². The predicted molar refractivity (Wildman–Crippen MR) is 83.0 cm³/mol. The highest BCUT2D eigenvalue weighted by Crippen LogP contribution is 2.21. The van der Waals surface area contributed by atoms with Crippen LogP contribution >= 0.6 is 11.6 Å². The highest BCUT2D eigenvalue weighted by Gasteiger charge is 2.14. The number of halogens is 1. The van der Waals surface area contributed by atoms with E-state index in [1.165, 1.54) is 12.8 Å². The van der Waals surface area contributed by atoms with Crippen LogP contribution < -0.4 is 16.0 Å². The van der Waals surface area contributed by atoms with Crippen molar-refractivity contribution in [2.24, 2.45) is 7.05 Å². The van der Waals surface area contributed by atoms with E-state index in [4.69, 9.17) is 11.6 Å². The zero-order chi connectivity index (χ0) is 14.7. The van der Waals surface area contributed by atoms with Crippen LogP contribution in [0.2, 0.25) is 5.02 Å². The monoisotopic (exact) mass is 307 g/mol. The Morgan fingerprint density at radius 1 is 1.48 bits per heavy atom. The molecule has 2 aromatic rings. The fraction of sp³-hybridized carbons (Fsp3) is 0.462. The maximum absolute atomic E-state index is 6.14.